The van der Waals surface area contributed by atoms with E-state index in [0.717, 1.165) is 34.6 Å². The Kier molecular flexibility index (Phi) is 8.05. The minimum Gasteiger partial charge on any atom is -0.381 e. The Morgan fingerprint density at radius 3 is 2.46 bits per heavy atom. The molecule has 4 aromatic rings. The first kappa shape index (κ1) is 26.1. The van der Waals surface area contributed by atoms with Crippen LogP contribution >= 0.6 is 11.3 Å². The van der Waals surface area contributed by atoms with Gasteiger partial charge in [-0.15, -0.1) is 0 Å². The number of nitrogens with one attached hydrogen (secondary N) is 2. The van der Waals surface area contributed by atoms with Crippen molar-refractivity contribution in [3.63, 3.8) is 0 Å². The summed E-state index contributed by atoms with van der Waals surface area (Å²) in [6.07, 6.45) is -1.54. The molecule has 192 valence electrons. The van der Waals surface area contributed by atoms with Crippen molar-refractivity contribution in [2.45, 2.75) is 32.9 Å². The summed E-state index contributed by atoms with van der Waals surface area (Å²) in [6, 6.07) is 18.9. The molecule has 8 nitrogen and oxygen atoms in total. The lowest BCUT2D eigenvalue weighted by Gasteiger charge is -2.25. The van der Waals surface area contributed by atoms with E-state index in [1.807, 2.05) is 37.3 Å². The molecule has 4 rings (SSSR count). The van der Waals surface area contributed by atoms with E-state index in [-0.39, 0.29) is 5.91 Å². The van der Waals surface area contributed by atoms with E-state index in [2.05, 4.69) is 34.4 Å². The molecule has 2 unspecified atom stereocenters. The van der Waals surface area contributed by atoms with E-state index in [1.165, 1.54) is 11.3 Å². The highest BCUT2D eigenvalue weighted by Gasteiger charge is 2.30. The third kappa shape index (κ3) is 6.07. The van der Waals surface area contributed by atoms with Crippen LogP contribution in [-0.2, 0) is 4.79 Å². The molecular formula is C28H31N5O3S. The molecule has 0 fully saturated rings. The standard InChI is InChI=1S/C28H31N5O3S/c1-4-33(5-2)21-12-9-18(10-13-21)26(35)32-24(19-8-6-7-17(3)15-19)25(34)27(36)30-20-11-14-22-23(16-20)37-28(29)31-22/h6-16,24-25,34H,4-5H2,1-3H3,(H2,29,31)(H,30,36)(H,32,35). The Bertz CT molecular complexity index is 1400. The maximum atomic E-state index is 13.2. The van der Waals surface area contributed by atoms with E-state index in [1.54, 1.807) is 36.4 Å². The molecule has 3 aromatic carbocycles. The third-order valence-corrected chi connectivity index (χ3v) is 7.05. The number of amides is 2. The Hall–Kier alpha value is -3.95. The van der Waals surface area contributed by atoms with Gasteiger partial charge in [0.2, 0.25) is 0 Å². The summed E-state index contributed by atoms with van der Waals surface area (Å²) in [5.41, 5.74) is 10.0. The van der Waals surface area contributed by atoms with Gasteiger partial charge in [0.15, 0.2) is 11.2 Å². The number of thiazole rings is 1. The number of aromatic nitrogens is 1. The lowest BCUT2D eigenvalue weighted by Crippen LogP contribution is -2.42. The molecule has 9 heteroatoms. The van der Waals surface area contributed by atoms with Crippen LogP contribution in [0.5, 0.6) is 0 Å². The molecule has 0 aliphatic carbocycles. The fraction of sp³-hybridized carbons (Fsp3) is 0.250. The Morgan fingerprint density at radius 2 is 1.78 bits per heavy atom. The molecule has 2 atom stereocenters. The van der Waals surface area contributed by atoms with Crippen LogP contribution < -0.4 is 21.3 Å². The summed E-state index contributed by atoms with van der Waals surface area (Å²) in [4.78, 5) is 32.7. The third-order valence-electron chi connectivity index (χ3n) is 6.20. The minimum atomic E-state index is -1.54. The molecule has 1 aromatic heterocycles. The molecule has 2 amide bonds. The Balaban J connectivity index is 1.55. The van der Waals surface area contributed by atoms with Crippen molar-refractivity contribution in [1.82, 2.24) is 10.3 Å². The second-order valence-corrected chi connectivity index (χ2v) is 9.82. The van der Waals surface area contributed by atoms with Crippen LogP contribution in [0.15, 0.2) is 66.7 Å². The summed E-state index contributed by atoms with van der Waals surface area (Å²) in [7, 11) is 0. The number of fused-ring (bicyclic) bond motifs is 1. The summed E-state index contributed by atoms with van der Waals surface area (Å²) < 4.78 is 0.821. The quantitative estimate of drug-likeness (QED) is 0.259. The van der Waals surface area contributed by atoms with Gasteiger partial charge in [0.1, 0.15) is 0 Å². The van der Waals surface area contributed by atoms with Crippen LogP contribution in [0.1, 0.15) is 41.4 Å². The van der Waals surface area contributed by atoms with Crippen molar-refractivity contribution in [3.05, 3.63) is 83.4 Å². The fourth-order valence-corrected chi connectivity index (χ4v) is 5.01. The summed E-state index contributed by atoms with van der Waals surface area (Å²) in [5, 5.41) is 17.2. The van der Waals surface area contributed by atoms with Crippen LogP contribution in [0.25, 0.3) is 10.2 Å². The second-order valence-electron chi connectivity index (χ2n) is 8.75. The number of nitrogen functional groups attached to an aromatic ring is 1. The average Bonchev–Trinajstić information content (AvgIpc) is 3.27. The predicted octanol–water partition coefficient (Wildman–Crippen LogP) is 4.50. The molecule has 37 heavy (non-hydrogen) atoms. The zero-order valence-electron chi connectivity index (χ0n) is 21.1. The van der Waals surface area contributed by atoms with Crippen LogP contribution in [0.2, 0.25) is 0 Å². The number of rotatable bonds is 9. The number of nitrogens with two attached hydrogens (primary N) is 1. The van der Waals surface area contributed by atoms with E-state index in [4.69, 9.17) is 5.73 Å². The average molecular weight is 518 g/mol. The van der Waals surface area contributed by atoms with Gasteiger partial charge in [-0.1, -0.05) is 41.2 Å². The van der Waals surface area contributed by atoms with Crippen LogP contribution in [-0.4, -0.2) is 41.1 Å². The zero-order valence-corrected chi connectivity index (χ0v) is 21.9. The number of benzene rings is 3. The van der Waals surface area contributed by atoms with Crippen molar-refractivity contribution < 1.29 is 14.7 Å². The first-order valence-corrected chi connectivity index (χ1v) is 13.0. The van der Waals surface area contributed by atoms with Gasteiger partial charge in [-0.2, -0.15) is 0 Å². The van der Waals surface area contributed by atoms with Gasteiger partial charge in [0.05, 0.1) is 16.3 Å². The maximum absolute atomic E-state index is 13.2. The number of nitrogens with zero attached hydrogens (tertiary/aromatic N) is 2. The van der Waals surface area contributed by atoms with E-state index in [9.17, 15) is 14.7 Å². The van der Waals surface area contributed by atoms with Gasteiger partial charge in [0.25, 0.3) is 11.8 Å². The predicted molar refractivity (Wildman–Crippen MR) is 150 cm³/mol. The van der Waals surface area contributed by atoms with Crippen molar-refractivity contribution in [3.8, 4) is 0 Å². The Morgan fingerprint density at radius 1 is 1.05 bits per heavy atom. The molecule has 0 radical (unpaired) electrons. The first-order valence-electron chi connectivity index (χ1n) is 12.2. The minimum absolute atomic E-state index is 0.383. The second kappa shape index (κ2) is 11.4. The maximum Gasteiger partial charge on any atom is 0.255 e. The van der Waals surface area contributed by atoms with E-state index in [0.29, 0.717) is 21.9 Å². The molecule has 0 saturated carbocycles. The molecule has 0 saturated heterocycles. The van der Waals surface area contributed by atoms with Gasteiger partial charge in [0, 0.05) is 30.0 Å². The lowest BCUT2D eigenvalue weighted by atomic mass is 9.98. The number of hydrogen-bond donors (Lipinski definition) is 4. The van der Waals surface area contributed by atoms with E-state index < -0.39 is 18.1 Å². The summed E-state index contributed by atoms with van der Waals surface area (Å²) >= 11 is 1.31. The number of hydrogen-bond acceptors (Lipinski definition) is 7. The van der Waals surface area contributed by atoms with Gasteiger partial charge in [-0.25, -0.2) is 4.98 Å². The largest absolute Gasteiger partial charge is 0.381 e. The summed E-state index contributed by atoms with van der Waals surface area (Å²) in [6.45, 7) is 7.79. The van der Waals surface area contributed by atoms with Crippen molar-refractivity contribution >= 4 is 49.9 Å². The smallest absolute Gasteiger partial charge is 0.255 e. The van der Waals surface area contributed by atoms with Gasteiger partial charge in [-0.3, -0.25) is 9.59 Å². The zero-order chi connectivity index (χ0) is 26.5. The highest BCUT2D eigenvalue weighted by molar-refractivity contribution is 7.22. The number of anilines is 3. The van der Waals surface area contributed by atoms with Crippen molar-refractivity contribution in [2.24, 2.45) is 0 Å². The normalized spacial score (nSPS) is 12.6. The van der Waals surface area contributed by atoms with Crippen LogP contribution in [0.4, 0.5) is 16.5 Å². The van der Waals surface area contributed by atoms with Crippen LogP contribution in [0.3, 0.4) is 0 Å². The highest BCUT2D eigenvalue weighted by Crippen LogP contribution is 2.27. The van der Waals surface area contributed by atoms with Crippen molar-refractivity contribution in [2.75, 3.05) is 29.0 Å². The molecule has 0 spiro atoms. The number of aliphatic hydroxyl groups is 1. The number of carbonyl (C=O) groups excluding carboxylic acids is 2. The fourth-order valence-electron chi connectivity index (χ4n) is 4.23. The topological polar surface area (TPSA) is 121 Å². The van der Waals surface area contributed by atoms with Crippen LogP contribution in [0, 0.1) is 6.92 Å². The van der Waals surface area contributed by atoms with Gasteiger partial charge < -0.3 is 26.4 Å². The number of aliphatic hydroxyl groups excluding tert-OH is 1. The number of carbonyl (C=O) groups is 2. The van der Waals surface area contributed by atoms with Gasteiger partial charge >= 0.3 is 0 Å². The highest BCUT2D eigenvalue weighted by atomic mass is 32.1. The molecule has 5 N–H and O–H groups in total. The van der Waals surface area contributed by atoms with Crippen molar-refractivity contribution in [1.29, 1.82) is 0 Å². The molecule has 1 heterocycles. The SMILES string of the molecule is CCN(CC)c1ccc(C(=O)NC(c2cccc(C)c2)C(O)C(=O)Nc2ccc3nc(N)sc3c2)cc1. The molecule has 0 aliphatic heterocycles. The van der Waals surface area contributed by atoms with Gasteiger partial charge in [-0.05, 0) is 68.8 Å². The number of aryl methyl sites for hydroxylation is 1. The molecular weight excluding hydrogens is 486 g/mol. The first-order chi connectivity index (χ1) is 17.8. The molecule has 0 aliphatic rings. The van der Waals surface area contributed by atoms with E-state index >= 15 is 0 Å². The monoisotopic (exact) mass is 517 g/mol. The Labute approximate surface area is 220 Å². The lowest BCUT2D eigenvalue weighted by molar-refractivity contribution is -0.125. The molecule has 0 bridgehead atoms. The summed E-state index contributed by atoms with van der Waals surface area (Å²) in [5.74, 6) is -1.02.